The maximum absolute atomic E-state index is 13.0. The van der Waals surface area contributed by atoms with Crippen LogP contribution in [0.3, 0.4) is 0 Å². The van der Waals surface area contributed by atoms with Crippen LogP contribution in [0.25, 0.3) is 0 Å². The van der Waals surface area contributed by atoms with Gasteiger partial charge in [-0.2, -0.15) is 0 Å². The number of allylic oxidation sites excluding steroid dienone is 30. The van der Waals surface area contributed by atoms with Crippen LogP contribution in [0.1, 0.15) is 290 Å². The molecule has 0 aliphatic heterocycles. The first-order valence-corrected chi connectivity index (χ1v) is 43.1. The average Bonchev–Trinajstić information content (AvgIpc) is 0.915. The van der Waals surface area contributed by atoms with E-state index >= 15 is 0 Å². The molecule has 0 aromatic carbocycles. The number of aliphatic hydroxyl groups excluding tert-OH is 2. The van der Waals surface area contributed by atoms with Crippen molar-refractivity contribution >= 4 is 33.6 Å². The minimum atomic E-state index is -4.96. The molecule has 0 fully saturated rings. The number of unbranched alkanes of at least 4 members (excludes halogenated alkanes) is 21. The van der Waals surface area contributed by atoms with Crippen LogP contribution in [0.5, 0.6) is 0 Å². The van der Waals surface area contributed by atoms with E-state index in [1.165, 1.54) is 77.0 Å². The van der Waals surface area contributed by atoms with Crippen molar-refractivity contribution in [2.75, 3.05) is 39.6 Å². The number of ether oxygens (including phenoxy) is 3. The molecule has 0 amide bonds. The third-order valence-electron chi connectivity index (χ3n) is 16.1. The molecule has 0 aliphatic rings. The van der Waals surface area contributed by atoms with Crippen molar-refractivity contribution in [1.82, 2.24) is 0 Å². The molecule has 0 aromatic rings. The smallest absolute Gasteiger partial charge is 0.463 e. The summed E-state index contributed by atoms with van der Waals surface area (Å²) in [4.78, 5) is 58.7. The molecule has 0 rings (SSSR count). The van der Waals surface area contributed by atoms with Gasteiger partial charge < -0.3 is 34.2 Å². The predicted octanol–water partition coefficient (Wildman–Crippen LogP) is 23.8. The summed E-state index contributed by atoms with van der Waals surface area (Å²) < 4.78 is 61.1. The van der Waals surface area contributed by atoms with E-state index in [4.69, 9.17) is 32.3 Å². The van der Waals surface area contributed by atoms with Gasteiger partial charge in [0.1, 0.15) is 25.4 Å². The Balaban J connectivity index is 4.60. The Kier molecular flexibility index (Phi) is 74.3. The second-order valence-electron chi connectivity index (χ2n) is 26.1. The van der Waals surface area contributed by atoms with E-state index in [-0.39, 0.29) is 19.3 Å². The molecule has 0 radical (unpaired) electrons. The van der Waals surface area contributed by atoms with Crippen molar-refractivity contribution in [2.24, 2.45) is 0 Å². The molecular weight excluding hydrogens is 1360 g/mol. The summed E-state index contributed by atoms with van der Waals surface area (Å²) in [6.45, 7) is 2.22. The Hall–Kier alpha value is -5.35. The van der Waals surface area contributed by atoms with Crippen LogP contribution in [-0.2, 0) is 55.8 Å². The quantitative estimate of drug-likeness (QED) is 0.0146. The first-order valence-electron chi connectivity index (χ1n) is 40.1. The number of hydrogen-bond acceptors (Lipinski definition) is 14. The molecule has 0 spiro atoms. The zero-order valence-electron chi connectivity index (χ0n) is 65.1. The second kappa shape index (κ2) is 78.2. The zero-order valence-corrected chi connectivity index (χ0v) is 66.9. The van der Waals surface area contributed by atoms with E-state index in [1.807, 2.05) is 18.2 Å². The lowest BCUT2D eigenvalue weighted by Gasteiger charge is -2.21. The van der Waals surface area contributed by atoms with Gasteiger partial charge in [-0.1, -0.05) is 312 Å². The number of rotatable bonds is 74. The lowest BCUT2D eigenvalue weighted by atomic mass is 10.0. The SMILES string of the molecule is CC/C=C\C/C=C\C/C=C\C/C=C\C/C=C\C/C=C\CCC(=O)OCC(COP(=O)(O)OCC(O)COP(=O)(O)OCC(O)COC(=O)CCCCCCCCCCCCCCCCC/C=C\C/C=C\C/C=C\C/C=C\C/C=C\CC)OC(=O)CCCCCCCC/C=C\C/C=C\C/C=C\C/C=C\CC. The van der Waals surface area contributed by atoms with Gasteiger partial charge in [0.15, 0.2) is 6.10 Å². The molecule has 16 nitrogen and oxygen atoms in total. The maximum atomic E-state index is 13.0. The first kappa shape index (κ1) is 99.7. The number of phosphoric ester groups is 2. The van der Waals surface area contributed by atoms with E-state index in [1.54, 1.807) is 0 Å². The zero-order chi connectivity index (χ0) is 76.6. The van der Waals surface area contributed by atoms with E-state index in [0.29, 0.717) is 25.7 Å². The Morgan fingerprint density at radius 3 is 0.810 bits per heavy atom. The van der Waals surface area contributed by atoms with Crippen molar-refractivity contribution < 1.29 is 75.8 Å². The Labute approximate surface area is 636 Å². The van der Waals surface area contributed by atoms with Gasteiger partial charge in [0.05, 0.1) is 26.4 Å². The molecule has 0 aromatic heterocycles. The number of carbonyl (C=O) groups excluding carboxylic acids is 3. The van der Waals surface area contributed by atoms with Crippen LogP contribution in [0.2, 0.25) is 0 Å². The van der Waals surface area contributed by atoms with E-state index in [0.717, 1.165) is 148 Å². The van der Waals surface area contributed by atoms with Gasteiger partial charge in [0.2, 0.25) is 0 Å². The summed E-state index contributed by atoms with van der Waals surface area (Å²) in [7, 11) is -9.83. The Bertz CT molecular complexity index is 2640. The van der Waals surface area contributed by atoms with Gasteiger partial charge in [-0.05, 0) is 141 Å². The topological polar surface area (TPSA) is 231 Å². The predicted molar refractivity (Wildman–Crippen MR) is 435 cm³/mol. The van der Waals surface area contributed by atoms with Gasteiger partial charge in [0.25, 0.3) is 0 Å². The lowest BCUT2D eigenvalue weighted by Crippen LogP contribution is -2.30. The summed E-state index contributed by atoms with van der Waals surface area (Å²) in [5.41, 5.74) is 0. The normalized spacial score (nSPS) is 14.9. The summed E-state index contributed by atoms with van der Waals surface area (Å²) >= 11 is 0. The van der Waals surface area contributed by atoms with Crippen LogP contribution >= 0.6 is 15.6 Å². The van der Waals surface area contributed by atoms with Crippen molar-refractivity contribution in [3.63, 3.8) is 0 Å². The number of hydrogen-bond donors (Lipinski definition) is 4. The number of esters is 3. The molecule has 18 heteroatoms. The van der Waals surface area contributed by atoms with Gasteiger partial charge in [-0.3, -0.25) is 32.5 Å². The largest absolute Gasteiger partial charge is 0.472 e. The Morgan fingerprint density at radius 1 is 0.267 bits per heavy atom. The third kappa shape index (κ3) is 79.5. The van der Waals surface area contributed by atoms with Crippen LogP contribution < -0.4 is 0 Å². The summed E-state index contributed by atoms with van der Waals surface area (Å²) in [5, 5.41) is 20.7. The van der Waals surface area contributed by atoms with Crippen molar-refractivity contribution in [3.8, 4) is 0 Å². The fourth-order valence-corrected chi connectivity index (χ4v) is 11.7. The standard InChI is InChI=1S/C87H142O16P2/c1-4-7-10-13-16-19-22-25-28-31-34-35-36-37-38-39-40-41-42-43-44-45-48-50-52-55-58-61-64-67-70-73-85(90)97-76-82(88)77-99-104(93,94)100-78-83(89)79-101-105(95,96)102-81-84(103-87(92)75-72-69-66-63-60-57-54-51-47-33-30-27-24-21-18-15-12-9-6-3)80-98-86(91)74-71-68-65-62-59-56-53-49-46-32-29-26-23-20-17-14-11-8-5-2/h7-12,16-21,25-30,34-35,37-38,46-47,49,51,56,59,65,68,82-84,88-89H,4-6,13-15,22-24,31-33,36,39-45,48,50,52-55,57-58,60-64,66-67,69-81H2,1-3H3,(H,93,94)(H,95,96)/b10-7-,11-8-,12-9-,19-16-,20-17-,21-18-,28-25-,29-26-,30-27-,35-34-,38-37-,49-46-,51-47-,59-56-,68-65-. The summed E-state index contributed by atoms with van der Waals surface area (Å²) in [5.74, 6) is -1.70. The third-order valence-corrected chi connectivity index (χ3v) is 18.0. The van der Waals surface area contributed by atoms with Gasteiger partial charge >= 0.3 is 33.6 Å². The highest BCUT2D eigenvalue weighted by molar-refractivity contribution is 7.47. The molecule has 0 heterocycles. The van der Waals surface area contributed by atoms with Gasteiger partial charge in [-0.15, -0.1) is 0 Å². The second-order valence-corrected chi connectivity index (χ2v) is 29.0. The fraction of sp³-hybridized carbons (Fsp3) is 0.621. The molecule has 596 valence electrons. The lowest BCUT2D eigenvalue weighted by molar-refractivity contribution is -0.161. The first-order chi connectivity index (χ1) is 51.2. The average molecular weight is 1510 g/mol. The number of aliphatic hydroxyl groups is 2. The highest BCUT2D eigenvalue weighted by atomic mass is 31.2. The molecular formula is C87H142O16P2. The minimum Gasteiger partial charge on any atom is -0.463 e. The van der Waals surface area contributed by atoms with E-state index < -0.39 is 91.5 Å². The summed E-state index contributed by atoms with van der Waals surface area (Å²) in [6.07, 6.45) is 101. The maximum Gasteiger partial charge on any atom is 0.472 e. The molecule has 105 heavy (non-hydrogen) atoms. The number of carbonyl (C=O) groups is 3. The van der Waals surface area contributed by atoms with Crippen molar-refractivity contribution in [2.45, 2.75) is 309 Å². The number of phosphoric acid groups is 2. The van der Waals surface area contributed by atoms with Crippen molar-refractivity contribution in [3.05, 3.63) is 182 Å². The van der Waals surface area contributed by atoms with Crippen LogP contribution in [0.15, 0.2) is 182 Å². The molecule has 0 saturated heterocycles. The van der Waals surface area contributed by atoms with Crippen LogP contribution in [-0.4, -0.2) is 95.9 Å². The molecule has 4 N–H and O–H groups in total. The van der Waals surface area contributed by atoms with E-state index in [9.17, 15) is 43.5 Å². The monoisotopic (exact) mass is 1500 g/mol. The van der Waals surface area contributed by atoms with Crippen molar-refractivity contribution in [1.29, 1.82) is 0 Å². The molecule has 5 unspecified atom stereocenters. The molecule has 0 saturated carbocycles. The molecule has 0 aliphatic carbocycles. The van der Waals surface area contributed by atoms with Gasteiger partial charge in [0, 0.05) is 19.3 Å². The molecule has 5 atom stereocenters. The summed E-state index contributed by atoms with van der Waals surface area (Å²) in [6, 6.07) is 0. The highest BCUT2D eigenvalue weighted by Crippen LogP contribution is 2.45. The molecule has 0 bridgehead atoms. The van der Waals surface area contributed by atoms with Crippen LogP contribution in [0, 0.1) is 0 Å². The van der Waals surface area contributed by atoms with E-state index in [2.05, 4.69) is 185 Å². The highest BCUT2D eigenvalue weighted by Gasteiger charge is 2.29. The Morgan fingerprint density at radius 2 is 0.495 bits per heavy atom. The van der Waals surface area contributed by atoms with Crippen LogP contribution in [0.4, 0.5) is 0 Å². The minimum absolute atomic E-state index is 0.0354. The fourth-order valence-electron chi connectivity index (χ4n) is 10.1. The van der Waals surface area contributed by atoms with Gasteiger partial charge in [-0.25, -0.2) is 9.13 Å².